The number of aromatic nitrogens is 1. The topological polar surface area (TPSA) is 52.3 Å². The maximum Gasteiger partial charge on any atom is 0.174 e. The van der Waals surface area contributed by atoms with Crippen LogP contribution in [-0.4, -0.2) is 10.9 Å². The molecule has 0 atom stereocenters. The SMILES string of the molecule is CC(=O)c1cccc(OCc2cc(C)no2)c1. The van der Waals surface area contributed by atoms with E-state index in [2.05, 4.69) is 5.16 Å². The Bertz CT molecular complexity index is 531. The first-order valence-electron chi connectivity index (χ1n) is 5.31. The number of Topliss-reactive ketones (excluding diaryl/α,β-unsaturated/α-hetero) is 1. The molecule has 0 aliphatic rings. The summed E-state index contributed by atoms with van der Waals surface area (Å²) in [6.45, 7) is 3.69. The molecule has 88 valence electrons. The predicted octanol–water partition coefficient (Wildman–Crippen LogP) is 2.76. The highest BCUT2D eigenvalue weighted by atomic mass is 16.5. The van der Waals surface area contributed by atoms with Crippen molar-refractivity contribution in [3.05, 3.63) is 47.3 Å². The first kappa shape index (κ1) is 11.4. The average Bonchev–Trinajstić information content (AvgIpc) is 2.73. The summed E-state index contributed by atoms with van der Waals surface area (Å²) in [5.41, 5.74) is 1.46. The third-order valence-corrected chi connectivity index (χ3v) is 2.30. The van der Waals surface area contributed by atoms with Crippen LogP contribution < -0.4 is 4.74 Å². The van der Waals surface area contributed by atoms with E-state index in [-0.39, 0.29) is 5.78 Å². The largest absolute Gasteiger partial charge is 0.486 e. The van der Waals surface area contributed by atoms with Gasteiger partial charge in [0.25, 0.3) is 0 Å². The molecule has 0 aliphatic heterocycles. The molecule has 0 saturated heterocycles. The van der Waals surface area contributed by atoms with Crippen LogP contribution in [0, 0.1) is 6.92 Å². The Balaban J connectivity index is 2.04. The molecule has 0 saturated carbocycles. The molecule has 2 aromatic rings. The summed E-state index contributed by atoms with van der Waals surface area (Å²) >= 11 is 0. The molecule has 17 heavy (non-hydrogen) atoms. The van der Waals surface area contributed by atoms with Crippen LogP contribution in [0.15, 0.2) is 34.9 Å². The third kappa shape index (κ3) is 2.93. The minimum atomic E-state index is 0.0194. The van der Waals surface area contributed by atoms with Crippen LogP contribution in [0.2, 0.25) is 0 Å². The number of aryl methyl sites for hydroxylation is 1. The number of ketones is 1. The molecule has 0 unspecified atom stereocenters. The van der Waals surface area contributed by atoms with Crippen molar-refractivity contribution in [2.24, 2.45) is 0 Å². The van der Waals surface area contributed by atoms with E-state index in [0.29, 0.717) is 23.7 Å². The van der Waals surface area contributed by atoms with Gasteiger partial charge in [-0.1, -0.05) is 17.3 Å². The van der Waals surface area contributed by atoms with Gasteiger partial charge in [-0.3, -0.25) is 4.79 Å². The fraction of sp³-hybridized carbons (Fsp3) is 0.231. The zero-order valence-electron chi connectivity index (χ0n) is 9.77. The van der Waals surface area contributed by atoms with Crippen LogP contribution in [0.4, 0.5) is 0 Å². The molecule has 0 fully saturated rings. The van der Waals surface area contributed by atoms with Gasteiger partial charge in [-0.15, -0.1) is 0 Å². The summed E-state index contributed by atoms with van der Waals surface area (Å²) in [6.07, 6.45) is 0. The second kappa shape index (κ2) is 4.82. The van der Waals surface area contributed by atoms with Gasteiger partial charge in [0, 0.05) is 11.6 Å². The first-order valence-corrected chi connectivity index (χ1v) is 5.31. The molecular formula is C13H13NO3. The summed E-state index contributed by atoms with van der Waals surface area (Å²) in [5.74, 6) is 1.33. The maximum absolute atomic E-state index is 11.2. The van der Waals surface area contributed by atoms with Crippen LogP contribution in [0.3, 0.4) is 0 Å². The van der Waals surface area contributed by atoms with E-state index in [4.69, 9.17) is 9.26 Å². The second-order valence-corrected chi connectivity index (χ2v) is 3.81. The van der Waals surface area contributed by atoms with Crippen LogP contribution >= 0.6 is 0 Å². The molecule has 0 N–H and O–H groups in total. The quantitative estimate of drug-likeness (QED) is 0.759. The number of carbonyl (C=O) groups is 1. The lowest BCUT2D eigenvalue weighted by atomic mass is 10.1. The Labute approximate surface area is 99.2 Å². The van der Waals surface area contributed by atoms with Crippen molar-refractivity contribution >= 4 is 5.78 Å². The van der Waals surface area contributed by atoms with Gasteiger partial charge in [0.15, 0.2) is 11.5 Å². The second-order valence-electron chi connectivity index (χ2n) is 3.81. The zero-order chi connectivity index (χ0) is 12.3. The summed E-state index contributed by atoms with van der Waals surface area (Å²) in [5, 5.41) is 3.77. The van der Waals surface area contributed by atoms with Crippen molar-refractivity contribution in [3.63, 3.8) is 0 Å². The summed E-state index contributed by atoms with van der Waals surface area (Å²) in [4.78, 5) is 11.2. The standard InChI is InChI=1S/C13H13NO3/c1-9-6-13(17-14-9)8-16-12-5-3-4-11(7-12)10(2)15/h3-7H,8H2,1-2H3. The predicted molar refractivity (Wildman–Crippen MR) is 62.0 cm³/mol. The highest BCUT2D eigenvalue weighted by molar-refractivity contribution is 5.94. The molecule has 4 heteroatoms. The fourth-order valence-electron chi connectivity index (χ4n) is 1.44. The van der Waals surface area contributed by atoms with Crippen molar-refractivity contribution in [2.75, 3.05) is 0 Å². The third-order valence-electron chi connectivity index (χ3n) is 2.30. The van der Waals surface area contributed by atoms with Gasteiger partial charge in [-0.2, -0.15) is 0 Å². The van der Waals surface area contributed by atoms with Crippen molar-refractivity contribution in [2.45, 2.75) is 20.5 Å². The lowest BCUT2D eigenvalue weighted by Gasteiger charge is -2.04. The molecule has 0 radical (unpaired) electrons. The fourth-order valence-corrected chi connectivity index (χ4v) is 1.44. The van der Waals surface area contributed by atoms with E-state index in [9.17, 15) is 4.79 Å². The number of nitrogens with zero attached hydrogens (tertiary/aromatic N) is 1. The normalized spacial score (nSPS) is 10.2. The molecule has 0 spiro atoms. The molecule has 0 bridgehead atoms. The van der Waals surface area contributed by atoms with Gasteiger partial charge in [-0.05, 0) is 26.0 Å². The zero-order valence-corrected chi connectivity index (χ0v) is 9.77. The Morgan fingerprint density at radius 3 is 2.88 bits per heavy atom. The monoisotopic (exact) mass is 231 g/mol. The molecule has 0 amide bonds. The van der Waals surface area contributed by atoms with Crippen LogP contribution in [0.1, 0.15) is 28.7 Å². The molecule has 1 aromatic carbocycles. The number of benzene rings is 1. The van der Waals surface area contributed by atoms with E-state index in [1.165, 1.54) is 6.92 Å². The van der Waals surface area contributed by atoms with Crippen molar-refractivity contribution in [1.29, 1.82) is 0 Å². The Kier molecular flexibility index (Phi) is 3.23. The van der Waals surface area contributed by atoms with Gasteiger partial charge in [-0.25, -0.2) is 0 Å². The lowest BCUT2D eigenvalue weighted by Crippen LogP contribution is -1.96. The first-order chi connectivity index (χ1) is 8.15. The highest BCUT2D eigenvalue weighted by Gasteiger charge is 2.04. The van der Waals surface area contributed by atoms with Crippen molar-refractivity contribution in [1.82, 2.24) is 5.16 Å². The molecule has 4 nitrogen and oxygen atoms in total. The van der Waals surface area contributed by atoms with Crippen molar-refractivity contribution in [3.8, 4) is 5.75 Å². The Morgan fingerprint density at radius 1 is 1.41 bits per heavy atom. The summed E-state index contributed by atoms with van der Waals surface area (Å²) in [6, 6.07) is 8.88. The minimum absolute atomic E-state index is 0.0194. The number of carbonyl (C=O) groups excluding carboxylic acids is 1. The van der Waals surface area contributed by atoms with Crippen LogP contribution in [0.25, 0.3) is 0 Å². The summed E-state index contributed by atoms with van der Waals surface area (Å²) < 4.78 is 10.5. The maximum atomic E-state index is 11.2. The minimum Gasteiger partial charge on any atom is -0.486 e. The molecule has 2 rings (SSSR count). The number of ether oxygens (including phenoxy) is 1. The van der Waals surface area contributed by atoms with Crippen molar-refractivity contribution < 1.29 is 14.1 Å². The smallest absolute Gasteiger partial charge is 0.174 e. The molecule has 1 aromatic heterocycles. The molecule has 1 heterocycles. The Morgan fingerprint density at radius 2 is 2.24 bits per heavy atom. The van der Waals surface area contributed by atoms with E-state index in [0.717, 1.165) is 5.69 Å². The number of rotatable bonds is 4. The average molecular weight is 231 g/mol. The van der Waals surface area contributed by atoms with E-state index in [1.54, 1.807) is 24.3 Å². The molecule has 0 aliphatic carbocycles. The van der Waals surface area contributed by atoms with Crippen LogP contribution in [-0.2, 0) is 6.61 Å². The van der Waals surface area contributed by atoms with Gasteiger partial charge >= 0.3 is 0 Å². The molecular weight excluding hydrogens is 218 g/mol. The van der Waals surface area contributed by atoms with Crippen LogP contribution in [0.5, 0.6) is 5.75 Å². The lowest BCUT2D eigenvalue weighted by molar-refractivity contribution is 0.101. The van der Waals surface area contributed by atoms with Gasteiger partial charge in [0.2, 0.25) is 0 Å². The van der Waals surface area contributed by atoms with E-state index in [1.807, 2.05) is 13.0 Å². The Hall–Kier alpha value is -2.10. The highest BCUT2D eigenvalue weighted by Crippen LogP contribution is 2.15. The number of hydrogen-bond donors (Lipinski definition) is 0. The number of hydrogen-bond acceptors (Lipinski definition) is 4. The van der Waals surface area contributed by atoms with E-state index >= 15 is 0 Å². The summed E-state index contributed by atoms with van der Waals surface area (Å²) in [7, 11) is 0. The van der Waals surface area contributed by atoms with Gasteiger partial charge in [0.1, 0.15) is 12.4 Å². The van der Waals surface area contributed by atoms with E-state index < -0.39 is 0 Å². The van der Waals surface area contributed by atoms with Gasteiger partial charge < -0.3 is 9.26 Å². The van der Waals surface area contributed by atoms with Gasteiger partial charge in [0.05, 0.1) is 5.69 Å².